The van der Waals surface area contributed by atoms with Crippen molar-refractivity contribution < 1.29 is 0 Å². The van der Waals surface area contributed by atoms with Gasteiger partial charge in [-0.25, -0.2) is 9.97 Å². The van der Waals surface area contributed by atoms with Gasteiger partial charge in [-0.05, 0) is 45.8 Å². The predicted octanol–water partition coefficient (Wildman–Crippen LogP) is 2.58. The number of aromatic nitrogens is 2. The van der Waals surface area contributed by atoms with Crippen molar-refractivity contribution in [2.24, 2.45) is 0 Å². The number of thioether (sulfide) groups is 1. The van der Waals surface area contributed by atoms with Gasteiger partial charge in [-0.15, -0.1) is 0 Å². The van der Waals surface area contributed by atoms with E-state index in [9.17, 15) is 0 Å². The number of aryl methyl sites for hydroxylation is 2. The zero-order chi connectivity index (χ0) is 11.8. The second-order valence-electron chi connectivity index (χ2n) is 3.84. The molecule has 0 aromatic carbocycles. The molecule has 3 nitrogen and oxygen atoms in total. The fourth-order valence-electron chi connectivity index (χ4n) is 1.45. The number of hydrogen-bond acceptors (Lipinski definition) is 4. The van der Waals surface area contributed by atoms with E-state index < -0.39 is 0 Å². The van der Waals surface area contributed by atoms with Crippen LogP contribution < -0.4 is 5.32 Å². The van der Waals surface area contributed by atoms with E-state index in [0.29, 0.717) is 0 Å². The first-order valence-electron chi connectivity index (χ1n) is 5.88. The Hall–Kier alpha value is -0.610. The lowest BCUT2D eigenvalue weighted by Gasteiger charge is -2.03. The monoisotopic (exact) mass is 239 g/mol. The Kier molecular flexibility index (Phi) is 6.42. The molecule has 0 saturated heterocycles. The summed E-state index contributed by atoms with van der Waals surface area (Å²) in [5.74, 6) is 1.11. The molecule has 4 heteroatoms. The van der Waals surface area contributed by atoms with Gasteiger partial charge in [0.2, 0.25) is 0 Å². The van der Waals surface area contributed by atoms with E-state index in [1.807, 2.05) is 19.9 Å². The van der Waals surface area contributed by atoms with Gasteiger partial charge in [-0.3, -0.25) is 0 Å². The summed E-state index contributed by atoms with van der Waals surface area (Å²) in [4.78, 5) is 8.81. The van der Waals surface area contributed by atoms with Gasteiger partial charge in [0.25, 0.3) is 0 Å². The third-order valence-corrected chi connectivity index (χ3v) is 3.12. The van der Waals surface area contributed by atoms with Crippen molar-refractivity contribution in [1.82, 2.24) is 15.3 Å². The molecule has 0 fully saturated rings. The Bertz CT molecular complexity index is 295. The predicted molar refractivity (Wildman–Crippen MR) is 70.0 cm³/mol. The van der Waals surface area contributed by atoms with Gasteiger partial charge in [0.1, 0.15) is 0 Å². The van der Waals surface area contributed by atoms with Crippen LogP contribution >= 0.6 is 11.8 Å². The van der Waals surface area contributed by atoms with Gasteiger partial charge in [0, 0.05) is 17.1 Å². The van der Waals surface area contributed by atoms with Crippen LogP contribution in [0.25, 0.3) is 0 Å². The molecular formula is C12H21N3S. The minimum Gasteiger partial charge on any atom is -0.317 e. The van der Waals surface area contributed by atoms with Crippen molar-refractivity contribution in [3.63, 3.8) is 0 Å². The van der Waals surface area contributed by atoms with Crippen LogP contribution in [0.3, 0.4) is 0 Å². The molecule has 90 valence electrons. The summed E-state index contributed by atoms with van der Waals surface area (Å²) in [5.41, 5.74) is 2.12. The Morgan fingerprint density at radius 3 is 2.50 bits per heavy atom. The number of nitrogens with zero attached hydrogens (tertiary/aromatic N) is 2. The standard InChI is InChI=1S/C12H21N3S/c1-4-13-7-5-6-8-16-12-14-10(2)9-11(3)15-12/h9,13H,4-8H2,1-3H3. The summed E-state index contributed by atoms with van der Waals surface area (Å²) < 4.78 is 0. The van der Waals surface area contributed by atoms with Crippen molar-refractivity contribution >= 4 is 11.8 Å². The summed E-state index contributed by atoms with van der Waals surface area (Å²) in [7, 11) is 0. The van der Waals surface area contributed by atoms with Crippen LogP contribution in [0.15, 0.2) is 11.2 Å². The SMILES string of the molecule is CCNCCCCSc1nc(C)cc(C)n1. The van der Waals surface area contributed by atoms with E-state index in [4.69, 9.17) is 0 Å². The second kappa shape index (κ2) is 7.63. The fraction of sp³-hybridized carbons (Fsp3) is 0.667. The third kappa shape index (κ3) is 5.47. The molecule has 0 aliphatic carbocycles. The highest BCUT2D eigenvalue weighted by molar-refractivity contribution is 7.99. The van der Waals surface area contributed by atoms with Gasteiger partial charge < -0.3 is 5.32 Å². The molecule has 1 aromatic heterocycles. The first-order valence-corrected chi connectivity index (χ1v) is 6.86. The Morgan fingerprint density at radius 2 is 1.88 bits per heavy atom. The smallest absolute Gasteiger partial charge is 0.187 e. The molecule has 1 aromatic rings. The second-order valence-corrected chi connectivity index (χ2v) is 4.90. The first-order chi connectivity index (χ1) is 7.72. The lowest BCUT2D eigenvalue weighted by Crippen LogP contribution is -2.13. The number of unbranched alkanes of at least 4 members (excludes halogenated alkanes) is 1. The average molecular weight is 239 g/mol. The van der Waals surface area contributed by atoms with Crippen molar-refractivity contribution in [1.29, 1.82) is 0 Å². The van der Waals surface area contributed by atoms with Crippen LogP contribution in [0.1, 0.15) is 31.2 Å². The maximum atomic E-state index is 4.40. The molecule has 0 bridgehead atoms. The molecule has 0 aliphatic rings. The Labute approximate surface area is 102 Å². The molecule has 0 saturated carbocycles. The number of nitrogens with one attached hydrogen (secondary N) is 1. The molecule has 0 spiro atoms. The molecule has 0 unspecified atom stereocenters. The van der Waals surface area contributed by atoms with Crippen molar-refractivity contribution in [3.8, 4) is 0 Å². The van der Waals surface area contributed by atoms with E-state index in [-0.39, 0.29) is 0 Å². The average Bonchev–Trinajstić information content (AvgIpc) is 2.22. The van der Waals surface area contributed by atoms with E-state index in [1.165, 1.54) is 12.8 Å². The van der Waals surface area contributed by atoms with Crippen LogP contribution in [-0.4, -0.2) is 28.8 Å². The lowest BCUT2D eigenvalue weighted by molar-refractivity contribution is 0.665. The highest BCUT2D eigenvalue weighted by Crippen LogP contribution is 2.15. The van der Waals surface area contributed by atoms with Crippen LogP contribution in [0.5, 0.6) is 0 Å². The summed E-state index contributed by atoms with van der Waals surface area (Å²) in [5, 5.41) is 4.24. The maximum Gasteiger partial charge on any atom is 0.187 e. The maximum absolute atomic E-state index is 4.40. The molecule has 0 amide bonds. The molecule has 1 heterocycles. The van der Waals surface area contributed by atoms with Crippen molar-refractivity contribution in [2.45, 2.75) is 38.8 Å². The van der Waals surface area contributed by atoms with Crippen LogP contribution in [0.2, 0.25) is 0 Å². The van der Waals surface area contributed by atoms with Gasteiger partial charge in [-0.1, -0.05) is 18.7 Å². The van der Waals surface area contributed by atoms with Crippen LogP contribution in [0, 0.1) is 13.8 Å². The Balaban J connectivity index is 2.21. The summed E-state index contributed by atoms with van der Waals surface area (Å²) in [6.45, 7) is 8.35. The first kappa shape index (κ1) is 13.5. The largest absolute Gasteiger partial charge is 0.317 e. The topological polar surface area (TPSA) is 37.8 Å². The van der Waals surface area contributed by atoms with Crippen molar-refractivity contribution in [3.05, 3.63) is 17.5 Å². The van der Waals surface area contributed by atoms with Crippen molar-refractivity contribution in [2.75, 3.05) is 18.8 Å². The Morgan fingerprint density at radius 1 is 1.19 bits per heavy atom. The van der Waals surface area contributed by atoms with E-state index in [0.717, 1.165) is 35.4 Å². The quantitative estimate of drug-likeness (QED) is 0.451. The molecule has 1 rings (SSSR count). The highest BCUT2D eigenvalue weighted by Gasteiger charge is 1.99. The van der Waals surface area contributed by atoms with Gasteiger partial charge in [-0.2, -0.15) is 0 Å². The van der Waals surface area contributed by atoms with E-state index >= 15 is 0 Å². The number of rotatable bonds is 7. The molecule has 0 atom stereocenters. The minimum absolute atomic E-state index is 0.918. The van der Waals surface area contributed by atoms with E-state index in [1.54, 1.807) is 11.8 Å². The van der Waals surface area contributed by atoms with Gasteiger partial charge >= 0.3 is 0 Å². The molecule has 0 radical (unpaired) electrons. The normalized spacial score (nSPS) is 10.7. The molecule has 0 aliphatic heterocycles. The van der Waals surface area contributed by atoms with Crippen LogP contribution in [0.4, 0.5) is 0 Å². The molecule has 1 N–H and O–H groups in total. The zero-order valence-corrected chi connectivity index (χ0v) is 11.2. The number of hydrogen-bond donors (Lipinski definition) is 1. The van der Waals surface area contributed by atoms with Crippen LogP contribution in [-0.2, 0) is 0 Å². The van der Waals surface area contributed by atoms with Gasteiger partial charge in [0.15, 0.2) is 5.16 Å². The van der Waals surface area contributed by atoms with E-state index in [2.05, 4.69) is 22.2 Å². The summed E-state index contributed by atoms with van der Waals surface area (Å²) in [6, 6.07) is 2.01. The fourth-order valence-corrected chi connectivity index (χ4v) is 2.40. The summed E-state index contributed by atoms with van der Waals surface area (Å²) in [6.07, 6.45) is 2.44. The third-order valence-electron chi connectivity index (χ3n) is 2.19. The molecule has 16 heavy (non-hydrogen) atoms. The van der Waals surface area contributed by atoms with Gasteiger partial charge in [0.05, 0.1) is 0 Å². The minimum atomic E-state index is 0.918. The zero-order valence-electron chi connectivity index (χ0n) is 10.4. The highest BCUT2D eigenvalue weighted by atomic mass is 32.2. The summed E-state index contributed by atoms with van der Waals surface area (Å²) >= 11 is 1.76. The molecular weight excluding hydrogens is 218 g/mol. The lowest BCUT2D eigenvalue weighted by atomic mass is 10.3.